The van der Waals surface area contributed by atoms with Crippen LogP contribution in [0.2, 0.25) is 0 Å². The molecule has 1 aliphatic rings. The molecule has 1 N–H and O–H groups in total. The first kappa shape index (κ1) is 16.8. The highest BCUT2D eigenvalue weighted by molar-refractivity contribution is 7.99. The van der Waals surface area contributed by atoms with E-state index in [-0.39, 0.29) is 5.91 Å². The standard InChI is InChI=1S/C21H15N5OS/c27-17(23-14-7-10-22-11-8-14)9-12-28-21-24-19-15-5-1-3-13-4-2-6-16(18(13)15)20(19)25-26-21/h1-8,10-11H,9,12H2,(H,22,23,27). The molecule has 0 unspecified atom stereocenters. The van der Waals surface area contributed by atoms with E-state index in [0.717, 1.165) is 28.2 Å². The first-order valence-electron chi connectivity index (χ1n) is 8.89. The zero-order chi connectivity index (χ0) is 18.9. The third-order valence-electron chi connectivity index (χ3n) is 4.61. The number of carbonyl (C=O) groups excluding carboxylic acids is 1. The van der Waals surface area contributed by atoms with Crippen molar-refractivity contribution in [1.82, 2.24) is 20.2 Å². The first-order valence-corrected chi connectivity index (χ1v) is 9.88. The second kappa shape index (κ2) is 7.01. The van der Waals surface area contributed by atoms with Crippen LogP contribution in [-0.4, -0.2) is 31.8 Å². The molecule has 5 rings (SSSR count). The maximum Gasteiger partial charge on any atom is 0.225 e. The number of rotatable bonds is 5. The van der Waals surface area contributed by atoms with E-state index >= 15 is 0 Å². The first-order chi connectivity index (χ1) is 13.8. The molecule has 0 spiro atoms. The lowest BCUT2D eigenvalue weighted by Crippen LogP contribution is -2.12. The van der Waals surface area contributed by atoms with Crippen LogP contribution in [0, 0.1) is 0 Å². The molecule has 1 aliphatic carbocycles. The van der Waals surface area contributed by atoms with Crippen molar-refractivity contribution in [3.8, 4) is 22.5 Å². The number of nitrogens with zero attached hydrogens (tertiary/aromatic N) is 4. The van der Waals surface area contributed by atoms with Crippen LogP contribution < -0.4 is 5.32 Å². The van der Waals surface area contributed by atoms with Gasteiger partial charge in [0.1, 0.15) is 11.4 Å². The molecule has 7 heteroatoms. The number of aromatic nitrogens is 4. The van der Waals surface area contributed by atoms with Crippen molar-refractivity contribution in [2.45, 2.75) is 11.6 Å². The van der Waals surface area contributed by atoms with E-state index in [1.54, 1.807) is 24.5 Å². The third kappa shape index (κ3) is 2.99. The van der Waals surface area contributed by atoms with Gasteiger partial charge in [0.25, 0.3) is 0 Å². The fraction of sp³-hybridized carbons (Fsp3) is 0.0952. The molecule has 2 aromatic heterocycles. The maximum atomic E-state index is 12.1. The van der Waals surface area contributed by atoms with Gasteiger partial charge in [0.2, 0.25) is 11.1 Å². The van der Waals surface area contributed by atoms with Gasteiger partial charge in [0, 0.05) is 46.8 Å². The maximum absolute atomic E-state index is 12.1. The highest BCUT2D eigenvalue weighted by Crippen LogP contribution is 2.44. The van der Waals surface area contributed by atoms with Gasteiger partial charge in [-0.15, -0.1) is 10.2 Å². The van der Waals surface area contributed by atoms with Crippen molar-refractivity contribution in [2.75, 3.05) is 11.1 Å². The second-order valence-electron chi connectivity index (χ2n) is 6.38. The minimum Gasteiger partial charge on any atom is -0.326 e. The van der Waals surface area contributed by atoms with Crippen molar-refractivity contribution in [1.29, 1.82) is 0 Å². The number of thioether (sulfide) groups is 1. The predicted octanol–water partition coefficient (Wildman–Crippen LogP) is 4.19. The minimum atomic E-state index is -0.0509. The van der Waals surface area contributed by atoms with Crippen LogP contribution in [0.4, 0.5) is 5.69 Å². The van der Waals surface area contributed by atoms with Gasteiger partial charge in [0.15, 0.2) is 0 Å². The number of fused-ring (bicyclic) bond motifs is 3. The van der Waals surface area contributed by atoms with E-state index in [2.05, 4.69) is 44.8 Å². The van der Waals surface area contributed by atoms with E-state index < -0.39 is 0 Å². The summed E-state index contributed by atoms with van der Waals surface area (Å²) in [6.07, 6.45) is 3.66. The molecule has 0 saturated heterocycles. The van der Waals surface area contributed by atoms with Gasteiger partial charge in [-0.25, -0.2) is 4.98 Å². The monoisotopic (exact) mass is 385 g/mol. The smallest absolute Gasteiger partial charge is 0.225 e. The van der Waals surface area contributed by atoms with E-state index in [9.17, 15) is 4.79 Å². The zero-order valence-electron chi connectivity index (χ0n) is 14.8. The van der Waals surface area contributed by atoms with Crippen LogP contribution >= 0.6 is 11.8 Å². The zero-order valence-corrected chi connectivity index (χ0v) is 15.6. The molecule has 0 fully saturated rings. The molecule has 0 atom stereocenters. The Morgan fingerprint density at radius 3 is 2.46 bits per heavy atom. The number of hydrogen-bond donors (Lipinski definition) is 1. The van der Waals surface area contributed by atoms with Gasteiger partial charge in [-0.3, -0.25) is 9.78 Å². The molecular weight excluding hydrogens is 370 g/mol. The van der Waals surface area contributed by atoms with Crippen molar-refractivity contribution in [3.63, 3.8) is 0 Å². The fourth-order valence-electron chi connectivity index (χ4n) is 3.37. The Labute approximate surface area is 165 Å². The van der Waals surface area contributed by atoms with Crippen molar-refractivity contribution in [3.05, 3.63) is 60.9 Å². The van der Waals surface area contributed by atoms with Gasteiger partial charge >= 0.3 is 0 Å². The Morgan fingerprint density at radius 1 is 0.929 bits per heavy atom. The SMILES string of the molecule is O=C(CCSc1nnc2c(n1)-c1cccc3cccc-2c13)Nc1ccncc1. The molecule has 2 aromatic carbocycles. The average Bonchev–Trinajstić information content (AvgIpc) is 3.04. The summed E-state index contributed by atoms with van der Waals surface area (Å²) < 4.78 is 0. The fourth-order valence-corrected chi connectivity index (χ4v) is 4.10. The number of anilines is 1. The van der Waals surface area contributed by atoms with E-state index in [4.69, 9.17) is 4.98 Å². The molecule has 6 nitrogen and oxygen atoms in total. The quantitative estimate of drug-likeness (QED) is 0.457. The van der Waals surface area contributed by atoms with Gasteiger partial charge < -0.3 is 5.32 Å². The highest BCUT2D eigenvalue weighted by Gasteiger charge is 2.24. The number of pyridine rings is 1. The summed E-state index contributed by atoms with van der Waals surface area (Å²) in [6.45, 7) is 0. The molecule has 0 aliphatic heterocycles. The Kier molecular flexibility index (Phi) is 4.21. The van der Waals surface area contributed by atoms with E-state index in [0.29, 0.717) is 17.3 Å². The lowest BCUT2D eigenvalue weighted by atomic mass is 10.0. The molecule has 4 aromatic rings. The largest absolute Gasteiger partial charge is 0.326 e. The number of hydrogen-bond acceptors (Lipinski definition) is 6. The predicted molar refractivity (Wildman–Crippen MR) is 110 cm³/mol. The van der Waals surface area contributed by atoms with Crippen LogP contribution in [0.25, 0.3) is 33.3 Å². The third-order valence-corrected chi connectivity index (χ3v) is 5.45. The van der Waals surface area contributed by atoms with Crippen molar-refractivity contribution < 1.29 is 4.79 Å². The van der Waals surface area contributed by atoms with Gasteiger partial charge in [-0.05, 0) is 17.5 Å². The van der Waals surface area contributed by atoms with E-state index in [1.807, 2.05) is 12.1 Å². The molecular formula is C21H15N5OS. The summed E-state index contributed by atoms with van der Waals surface area (Å²) >= 11 is 1.44. The van der Waals surface area contributed by atoms with Gasteiger partial charge in [-0.1, -0.05) is 48.2 Å². The minimum absolute atomic E-state index is 0.0509. The van der Waals surface area contributed by atoms with Crippen LogP contribution in [0.1, 0.15) is 6.42 Å². The lowest BCUT2D eigenvalue weighted by Gasteiger charge is -2.05. The van der Waals surface area contributed by atoms with Crippen LogP contribution in [0.5, 0.6) is 0 Å². The summed E-state index contributed by atoms with van der Waals surface area (Å²) in [5, 5.41) is 14.5. The van der Waals surface area contributed by atoms with Gasteiger partial charge in [0.05, 0.1) is 0 Å². The average molecular weight is 385 g/mol. The second-order valence-corrected chi connectivity index (χ2v) is 7.45. The van der Waals surface area contributed by atoms with E-state index in [1.165, 1.54) is 22.5 Å². The Bertz CT molecular complexity index is 1190. The number of nitrogens with one attached hydrogen (secondary N) is 1. The summed E-state index contributed by atoms with van der Waals surface area (Å²) in [7, 11) is 0. The lowest BCUT2D eigenvalue weighted by molar-refractivity contribution is -0.115. The number of benzene rings is 2. The molecule has 136 valence electrons. The Morgan fingerprint density at radius 2 is 1.68 bits per heavy atom. The van der Waals surface area contributed by atoms with Crippen LogP contribution in [-0.2, 0) is 4.79 Å². The highest BCUT2D eigenvalue weighted by atomic mass is 32.2. The van der Waals surface area contributed by atoms with Crippen LogP contribution in [0.3, 0.4) is 0 Å². The summed E-state index contributed by atoms with van der Waals surface area (Å²) in [4.78, 5) is 20.7. The van der Waals surface area contributed by atoms with Crippen molar-refractivity contribution >= 4 is 34.1 Å². The summed E-state index contributed by atoms with van der Waals surface area (Å²) in [6, 6.07) is 15.9. The number of carbonyl (C=O) groups is 1. The molecule has 0 saturated carbocycles. The van der Waals surface area contributed by atoms with Gasteiger partial charge in [-0.2, -0.15) is 0 Å². The van der Waals surface area contributed by atoms with Crippen LogP contribution in [0.15, 0.2) is 66.1 Å². The summed E-state index contributed by atoms with van der Waals surface area (Å²) in [5.41, 5.74) is 4.61. The topological polar surface area (TPSA) is 80.7 Å². The Balaban J connectivity index is 1.30. The molecule has 2 heterocycles. The molecule has 1 amide bonds. The summed E-state index contributed by atoms with van der Waals surface area (Å²) in [5.74, 6) is 0.527. The molecule has 0 radical (unpaired) electrons. The molecule has 28 heavy (non-hydrogen) atoms. The Hall–Kier alpha value is -3.32. The molecule has 0 bridgehead atoms. The number of amides is 1. The normalized spacial score (nSPS) is 11.4. The van der Waals surface area contributed by atoms with Crippen molar-refractivity contribution in [2.24, 2.45) is 0 Å².